The second-order valence-electron chi connectivity index (χ2n) is 3.31. The van der Waals surface area contributed by atoms with Gasteiger partial charge in [0.15, 0.2) is 5.69 Å². The van der Waals surface area contributed by atoms with Gasteiger partial charge in [-0.15, -0.1) is 16.4 Å². The number of aromatic nitrogens is 3. The lowest BCUT2D eigenvalue weighted by molar-refractivity contribution is 0.0778. The average Bonchev–Trinajstić information content (AvgIpc) is 2.88. The number of hydrogen-bond acceptors (Lipinski definition) is 6. The van der Waals surface area contributed by atoms with Crippen LogP contribution in [0.25, 0.3) is 0 Å². The number of carbonyl (C=O) groups excluding carboxylic acids is 1. The molecule has 2 aromatic heterocycles. The average molecular weight is 254 g/mol. The summed E-state index contributed by atoms with van der Waals surface area (Å²) < 4.78 is 3.67. The van der Waals surface area contributed by atoms with Crippen LogP contribution in [0.5, 0.6) is 0 Å². The van der Waals surface area contributed by atoms with Crippen molar-refractivity contribution < 1.29 is 4.79 Å². The van der Waals surface area contributed by atoms with E-state index in [-0.39, 0.29) is 5.91 Å². The van der Waals surface area contributed by atoms with Crippen LogP contribution in [0.1, 0.15) is 21.2 Å². The topological polar surface area (TPSA) is 59.0 Å². The number of aryl methyl sites for hydroxylation is 1. The summed E-state index contributed by atoms with van der Waals surface area (Å²) in [4.78, 5) is 17.7. The number of hydrogen-bond donors (Lipinski definition) is 0. The van der Waals surface area contributed by atoms with E-state index < -0.39 is 0 Å². The monoisotopic (exact) mass is 254 g/mol. The number of carbonyl (C=O) groups is 1. The van der Waals surface area contributed by atoms with Gasteiger partial charge in [0, 0.05) is 17.8 Å². The molecule has 0 saturated carbocycles. The molecule has 84 valence electrons. The zero-order valence-corrected chi connectivity index (χ0v) is 10.5. The first-order valence-corrected chi connectivity index (χ1v) is 6.32. The molecule has 1 amide bonds. The molecule has 0 unspecified atom stereocenters. The Balaban J connectivity index is 2.03. The summed E-state index contributed by atoms with van der Waals surface area (Å²) in [6, 6.07) is 0. The molecular formula is C9H10N4OS2. The van der Waals surface area contributed by atoms with Crippen LogP contribution >= 0.6 is 22.9 Å². The van der Waals surface area contributed by atoms with Gasteiger partial charge >= 0.3 is 0 Å². The van der Waals surface area contributed by atoms with Crippen LogP contribution in [0.3, 0.4) is 0 Å². The van der Waals surface area contributed by atoms with Crippen LogP contribution in [-0.4, -0.2) is 32.4 Å². The molecule has 0 bridgehead atoms. The van der Waals surface area contributed by atoms with Crippen molar-refractivity contribution in [1.29, 1.82) is 0 Å². The van der Waals surface area contributed by atoms with Crippen molar-refractivity contribution in [2.75, 3.05) is 7.05 Å². The molecule has 0 aliphatic heterocycles. The molecule has 0 aliphatic carbocycles. The van der Waals surface area contributed by atoms with Crippen LogP contribution in [-0.2, 0) is 6.54 Å². The Hall–Kier alpha value is -1.34. The molecule has 2 heterocycles. The van der Waals surface area contributed by atoms with E-state index in [1.165, 1.54) is 11.5 Å². The smallest absolute Gasteiger partial charge is 0.275 e. The van der Waals surface area contributed by atoms with E-state index in [2.05, 4.69) is 14.6 Å². The van der Waals surface area contributed by atoms with E-state index in [1.807, 2.05) is 12.3 Å². The number of nitrogens with zero attached hydrogens (tertiary/aromatic N) is 4. The quantitative estimate of drug-likeness (QED) is 0.834. The maximum atomic E-state index is 11.8. The van der Waals surface area contributed by atoms with Gasteiger partial charge in [-0.3, -0.25) is 4.79 Å². The first-order valence-electron chi connectivity index (χ1n) is 4.60. The lowest BCUT2D eigenvalue weighted by atomic mass is 10.4. The Bertz CT molecular complexity index is 479. The van der Waals surface area contributed by atoms with Gasteiger partial charge in [0.1, 0.15) is 0 Å². The number of amides is 1. The van der Waals surface area contributed by atoms with Gasteiger partial charge in [0.05, 0.1) is 17.2 Å². The summed E-state index contributed by atoms with van der Waals surface area (Å²) in [6.45, 7) is 2.45. The second-order valence-corrected chi connectivity index (χ2v) is 4.98. The Morgan fingerprint density at radius 2 is 2.31 bits per heavy atom. The second kappa shape index (κ2) is 4.67. The summed E-state index contributed by atoms with van der Waals surface area (Å²) in [7, 11) is 1.73. The van der Waals surface area contributed by atoms with Crippen molar-refractivity contribution >= 4 is 28.8 Å². The highest BCUT2D eigenvalue weighted by molar-refractivity contribution is 7.09. The molecule has 0 aromatic carbocycles. The minimum absolute atomic E-state index is 0.126. The maximum absolute atomic E-state index is 11.8. The Morgan fingerprint density at radius 1 is 1.50 bits per heavy atom. The molecule has 0 spiro atoms. The fourth-order valence-corrected chi connectivity index (χ4v) is 2.28. The predicted molar refractivity (Wildman–Crippen MR) is 62.6 cm³/mol. The molecule has 2 aromatic rings. The minimum atomic E-state index is -0.126. The largest absolute Gasteiger partial charge is 0.334 e. The molecule has 7 heteroatoms. The highest BCUT2D eigenvalue weighted by atomic mass is 32.1. The lowest BCUT2D eigenvalue weighted by Crippen LogP contribution is -2.26. The molecule has 0 saturated heterocycles. The summed E-state index contributed by atoms with van der Waals surface area (Å²) in [5.74, 6) is -0.126. The van der Waals surface area contributed by atoms with E-state index in [4.69, 9.17) is 0 Å². The molecule has 0 atom stereocenters. The van der Waals surface area contributed by atoms with E-state index in [0.717, 1.165) is 10.7 Å². The van der Waals surface area contributed by atoms with Gasteiger partial charge in [-0.1, -0.05) is 4.49 Å². The SMILES string of the molecule is Cc1nc(CN(C)C(=O)c2csnn2)cs1. The Labute approximate surface area is 101 Å². The fraction of sp³-hybridized carbons (Fsp3) is 0.333. The summed E-state index contributed by atoms with van der Waals surface area (Å²) in [6.07, 6.45) is 0. The van der Waals surface area contributed by atoms with Gasteiger partial charge < -0.3 is 4.90 Å². The van der Waals surface area contributed by atoms with E-state index in [0.29, 0.717) is 12.2 Å². The van der Waals surface area contributed by atoms with Gasteiger partial charge in [-0.2, -0.15) is 0 Å². The van der Waals surface area contributed by atoms with Crippen molar-refractivity contribution in [3.63, 3.8) is 0 Å². The summed E-state index contributed by atoms with van der Waals surface area (Å²) >= 11 is 2.75. The van der Waals surface area contributed by atoms with Crippen molar-refractivity contribution in [2.45, 2.75) is 13.5 Å². The zero-order chi connectivity index (χ0) is 11.5. The minimum Gasteiger partial charge on any atom is -0.334 e. The molecule has 16 heavy (non-hydrogen) atoms. The van der Waals surface area contributed by atoms with Gasteiger partial charge in [-0.25, -0.2) is 4.98 Å². The third kappa shape index (κ3) is 2.42. The number of rotatable bonds is 3. The highest BCUT2D eigenvalue weighted by Crippen LogP contribution is 2.11. The van der Waals surface area contributed by atoms with Crippen molar-refractivity contribution in [2.24, 2.45) is 0 Å². The maximum Gasteiger partial charge on any atom is 0.275 e. The molecule has 5 nitrogen and oxygen atoms in total. The zero-order valence-electron chi connectivity index (χ0n) is 8.88. The van der Waals surface area contributed by atoms with Crippen molar-refractivity contribution in [3.8, 4) is 0 Å². The first kappa shape index (κ1) is 11.2. The summed E-state index contributed by atoms with van der Waals surface area (Å²) in [5.41, 5.74) is 1.29. The molecule has 0 N–H and O–H groups in total. The van der Waals surface area contributed by atoms with E-state index >= 15 is 0 Å². The van der Waals surface area contributed by atoms with E-state index in [1.54, 1.807) is 28.7 Å². The highest BCUT2D eigenvalue weighted by Gasteiger charge is 2.15. The molecule has 0 aliphatic rings. The fourth-order valence-electron chi connectivity index (χ4n) is 1.25. The lowest BCUT2D eigenvalue weighted by Gasteiger charge is -2.13. The van der Waals surface area contributed by atoms with Crippen LogP contribution in [0.15, 0.2) is 10.8 Å². The normalized spacial score (nSPS) is 10.4. The van der Waals surface area contributed by atoms with Crippen molar-refractivity contribution in [1.82, 2.24) is 19.5 Å². The Kier molecular flexibility index (Phi) is 3.25. The Morgan fingerprint density at radius 3 is 2.88 bits per heavy atom. The van der Waals surface area contributed by atoms with Gasteiger partial charge in [-0.05, 0) is 18.5 Å². The van der Waals surface area contributed by atoms with E-state index in [9.17, 15) is 4.79 Å². The third-order valence-corrected chi connectivity index (χ3v) is 3.32. The molecule has 0 radical (unpaired) electrons. The van der Waals surface area contributed by atoms with Crippen LogP contribution in [0, 0.1) is 6.92 Å². The summed E-state index contributed by atoms with van der Waals surface area (Å²) in [5, 5.41) is 8.35. The predicted octanol–water partition coefficient (Wildman–Crippen LogP) is 1.58. The van der Waals surface area contributed by atoms with Gasteiger partial charge in [0.25, 0.3) is 5.91 Å². The van der Waals surface area contributed by atoms with Crippen LogP contribution in [0.4, 0.5) is 0 Å². The molecule has 2 rings (SSSR count). The third-order valence-electron chi connectivity index (χ3n) is 1.99. The standard InChI is InChI=1S/C9H10N4OS2/c1-6-10-7(4-15-6)3-13(2)9(14)8-5-16-12-11-8/h4-5H,3H2,1-2H3. The van der Waals surface area contributed by atoms with Crippen LogP contribution in [0.2, 0.25) is 0 Å². The number of thiazole rings is 1. The van der Waals surface area contributed by atoms with Gasteiger partial charge in [0.2, 0.25) is 0 Å². The van der Waals surface area contributed by atoms with Crippen molar-refractivity contribution in [3.05, 3.63) is 27.2 Å². The van der Waals surface area contributed by atoms with Crippen LogP contribution < -0.4 is 0 Å². The molecular weight excluding hydrogens is 244 g/mol. The molecule has 0 fully saturated rings. The first-order chi connectivity index (χ1) is 7.66.